The van der Waals surface area contributed by atoms with Gasteiger partial charge >= 0.3 is 11.9 Å². The zero-order valence-electron chi connectivity index (χ0n) is 27.5. The van der Waals surface area contributed by atoms with Crippen LogP contribution in [-0.2, 0) is 14.3 Å². The normalized spacial score (nSPS) is 35.9. The number of benzene rings is 1. The van der Waals surface area contributed by atoms with Gasteiger partial charge in [-0.25, -0.2) is 0 Å². The first-order chi connectivity index (χ1) is 20.4. The Morgan fingerprint density at radius 3 is 2.37 bits per heavy atom. The Balaban J connectivity index is 1.12. The highest BCUT2D eigenvalue weighted by Gasteiger charge is 2.60. The molecule has 4 aliphatic rings. The van der Waals surface area contributed by atoms with E-state index in [9.17, 15) is 9.59 Å². The van der Waals surface area contributed by atoms with E-state index in [1.165, 1.54) is 63.9 Å². The molecule has 0 spiro atoms. The van der Waals surface area contributed by atoms with E-state index >= 15 is 0 Å². The lowest BCUT2D eigenvalue weighted by molar-refractivity contribution is -0.163. The van der Waals surface area contributed by atoms with Crippen LogP contribution in [0.1, 0.15) is 125 Å². The van der Waals surface area contributed by atoms with Crippen LogP contribution in [-0.4, -0.2) is 18.0 Å². The van der Waals surface area contributed by atoms with E-state index < -0.39 is 5.97 Å². The maximum Gasteiger partial charge on any atom is 0.311 e. The second-order valence-electron chi connectivity index (χ2n) is 15.8. The summed E-state index contributed by atoms with van der Waals surface area (Å²) in [6, 6.07) is 4.77. The van der Waals surface area contributed by atoms with E-state index in [4.69, 9.17) is 20.9 Å². The summed E-state index contributed by atoms with van der Waals surface area (Å²) in [5.41, 5.74) is 13.3. The summed E-state index contributed by atoms with van der Waals surface area (Å²) in [5.74, 6) is 5.15. The number of ether oxygens (including phenoxy) is 2. The van der Waals surface area contributed by atoms with Crippen molar-refractivity contribution in [3.05, 3.63) is 18.2 Å². The molecule has 1 aromatic carbocycles. The Morgan fingerprint density at radius 2 is 1.60 bits per heavy atom. The average Bonchev–Trinajstić information content (AvgIpc) is 3.31. The third-order valence-electron chi connectivity index (χ3n) is 12.9. The predicted octanol–water partition coefficient (Wildman–Crippen LogP) is 8.57. The van der Waals surface area contributed by atoms with E-state index in [0.29, 0.717) is 28.1 Å². The molecule has 4 aliphatic carbocycles. The summed E-state index contributed by atoms with van der Waals surface area (Å²) in [4.78, 5) is 25.1. The largest absolute Gasteiger partial charge is 0.462 e. The van der Waals surface area contributed by atoms with Gasteiger partial charge in [-0.3, -0.25) is 9.59 Å². The minimum absolute atomic E-state index is 0.0154. The summed E-state index contributed by atoms with van der Waals surface area (Å²) < 4.78 is 11.3. The fourth-order valence-electron chi connectivity index (χ4n) is 10.6. The van der Waals surface area contributed by atoms with Gasteiger partial charge in [0.05, 0.1) is 18.5 Å². The number of carbonyl (C=O) groups excluding carboxylic acids is 2. The lowest BCUT2D eigenvalue weighted by atomic mass is 9.44. The predicted molar refractivity (Wildman–Crippen MR) is 173 cm³/mol. The Labute approximate surface area is 260 Å². The van der Waals surface area contributed by atoms with E-state index in [1.807, 2.05) is 0 Å². The molecule has 4 saturated carbocycles. The van der Waals surface area contributed by atoms with Crippen LogP contribution in [0, 0.1) is 52.3 Å². The van der Waals surface area contributed by atoms with Crippen LogP contribution in [0.4, 0.5) is 11.4 Å². The quantitative estimate of drug-likeness (QED) is 0.160. The summed E-state index contributed by atoms with van der Waals surface area (Å²) in [6.07, 6.45) is 15.4. The summed E-state index contributed by atoms with van der Waals surface area (Å²) in [6.45, 7) is 12.5. The number of fused-ring (bicyclic) bond motifs is 5. The lowest BCUT2D eigenvalue weighted by Gasteiger charge is -2.61. The van der Waals surface area contributed by atoms with Crippen LogP contribution in [0.5, 0.6) is 5.75 Å². The zero-order valence-corrected chi connectivity index (χ0v) is 27.5. The molecular weight excluding hydrogens is 536 g/mol. The zero-order chi connectivity index (χ0) is 30.9. The van der Waals surface area contributed by atoms with Crippen LogP contribution < -0.4 is 16.2 Å². The van der Waals surface area contributed by atoms with E-state index in [2.05, 4.69) is 34.6 Å². The highest BCUT2D eigenvalue weighted by molar-refractivity contribution is 5.80. The number of hydrogen-bond acceptors (Lipinski definition) is 6. The Hall–Kier alpha value is -2.24. The third-order valence-corrected chi connectivity index (χ3v) is 12.9. The van der Waals surface area contributed by atoms with Gasteiger partial charge in [0.15, 0.2) is 5.75 Å². The first kappa shape index (κ1) is 32.2. The number of nitrogens with two attached hydrogens (primary N) is 2. The molecule has 0 aliphatic heterocycles. The van der Waals surface area contributed by atoms with Gasteiger partial charge in [0.2, 0.25) is 0 Å². The van der Waals surface area contributed by atoms with Gasteiger partial charge in [-0.05, 0) is 122 Å². The number of carbonyl (C=O) groups is 2. The van der Waals surface area contributed by atoms with Crippen LogP contribution in [0.15, 0.2) is 18.2 Å². The highest BCUT2D eigenvalue weighted by Crippen LogP contribution is 2.68. The number of nitrogen functional groups attached to an aromatic ring is 2. The average molecular weight is 595 g/mol. The third kappa shape index (κ3) is 6.73. The number of anilines is 2. The molecule has 5 rings (SSSR count). The van der Waals surface area contributed by atoms with Crippen LogP contribution in [0.2, 0.25) is 0 Å². The molecule has 1 aromatic rings. The number of hydrogen-bond donors (Lipinski definition) is 2. The SMILES string of the molecule is CC(C)CCCC(C)C1CCC2C3CCC4CC(OC(=O)CCC(=O)Oc5cc(N)ccc5N)CCC4(C)C3CCC12C. The van der Waals surface area contributed by atoms with Crippen LogP contribution >= 0.6 is 0 Å². The van der Waals surface area contributed by atoms with Gasteiger partial charge in [-0.1, -0.05) is 53.9 Å². The van der Waals surface area contributed by atoms with Crippen molar-refractivity contribution >= 4 is 23.3 Å². The smallest absolute Gasteiger partial charge is 0.311 e. The van der Waals surface area contributed by atoms with Gasteiger partial charge in [0.25, 0.3) is 0 Å². The summed E-state index contributed by atoms with van der Waals surface area (Å²) >= 11 is 0. The first-order valence-electron chi connectivity index (χ1n) is 17.5. The standard InChI is InChI=1S/C37H58N2O4/c1-23(2)7-6-8-24(3)29-12-13-30-28-11-9-25-21-27(17-19-36(25,4)31(28)18-20-37(29,30)5)42-34(40)15-16-35(41)43-33-22-26(38)10-14-32(33)39/h10,14,22-25,27-31H,6-9,11-13,15-21,38-39H2,1-5H3. The molecule has 240 valence electrons. The van der Waals surface area contributed by atoms with Gasteiger partial charge in [-0.2, -0.15) is 0 Å². The Bertz CT molecular complexity index is 1150. The fourth-order valence-corrected chi connectivity index (χ4v) is 10.6. The van der Waals surface area contributed by atoms with Gasteiger partial charge < -0.3 is 20.9 Å². The van der Waals surface area contributed by atoms with Crippen LogP contribution in [0.25, 0.3) is 0 Å². The van der Waals surface area contributed by atoms with Crippen molar-refractivity contribution in [3.63, 3.8) is 0 Å². The van der Waals surface area contributed by atoms with Crippen molar-refractivity contribution in [2.24, 2.45) is 52.3 Å². The van der Waals surface area contributed by atoms with Crippen molar-refractivity contribution in [1.82, 2.24) is 0 Å². The van der Waals surface area contributed by atoms with Crippen molar-refractivity contribution in [1.29, 1.82) is 0 Å². The Morgan fingerprint density at radius 1 is 0.884 bits per heavy atom. The molecule has 0 heterocycles. The highest BCUT2D eigenvalue weighted by atomic mass is 16.5. The van der Waals surface area contributed by atoms with Crippen molar-refractivity contribution in [2.45, 2.75) is 131 Å². The molecule has 4 fully saturated rings. The van der Waals surface area contributed by atoms with Crippen molar-refractivity contribution < 1.29 is 19.1 Å². The molecule has 0 bridgehead atoms. The van der Waals surface area contributed by atoms with Crippen LogP contribution in [0.3, 0.4) is 0 Å². The van der Waals surface area contributed by atoms with Gasteiger partial charge in [0.1, 0.15) is 6.10 Å². The molecule has 6 heteroatoms. The second kappa shape index (κ2) is 13.0. The minimum atomic E-state index is -0.507. The van der Waals surface area contributed by atoms with Gasteiger partial charge in [-0.15, -0.1) is 0 Å². The summed E-state index contributed by atoms with van der Waals surface area (Å²) in [7, 11) is 0. The minimum Gasteiger partial charge on any atom is -0.462 e. The lowest BCUT2D eigenvalue weighted by Crippen LogP contribution is -2.54. The maximum atomic E-state index is 12.7. The first-order valence-corrected chi connectivity index (χ1v) is 17.5. The molecule has 6 nitrogen and oxygen atoms in total. The molecule has 9 unspecified atom stereocenters. The molecule has 4 N–H and O–H groups in total. The molecule has 43 heavy (non-hydrogen) atoms. The van der Waals surface area contributed by atoms with E-state index in [0.717, 1.165) is 54.8 Å². The van der Waals surface area contributed by atoms with Gasteiger partial charge in [0, 0.05) is 11.8 Å². The van der Waals surface area contributed by atoms with E-state index in [1.54, 1.807) is 12.1 Å². The molecule has 0 radical (unpaired) electrons. The second-order valence-corrected chi connectivity index (χ2v) is 15.8. The maximum absolute atomic E-state index is 12.7. The molecule has 9 atom stereocenters. The number of esters is 2. The topological polar surface area (TPSA) is 105 Å². The molecular formula is C37H58N2O4. The van der Waals surface area contributed by atoms with E-state index in [-0.39, 0.29) is 30.7 Å². The van der Waals surface area contributed by atoms with Crippen molar-refractivity contribution in [2.75, 3.05) is 11.5 Å². The monoisotopic (exact) mass is 594 g/mol. The summed E-state index contributed by atoms with van der Waals surface area (Å²) in [5, 5.41) is 0. The molecule has 0 amide bonds. The molecule has 0 aromatic heterocycles. The molecule has 0 saturated heterocycles. The van der Waals surface area contributed by atoms with Crippen molar-refractivity contribution in [3.8, 4) is 5.75 Å². The Kier molecular flexibility index (Phi) is 9.73. The fraction of sp³-hybridized carbons (Fsp3) is 0.784. The number of rotatable bonds is 10.